The van der Waals surface area contributed by atoms with E-state index in [-0.39, 0.29) is 11.8 Å². The summed E-state index contributed by atoms with van der Waals surface area (Å²) in [4.78, 5) is 29.0. The highest BCUT2D eigenvalue weighted by atomic mass is 16.1. The van der Waals surface area contributed by atoms with Gasteiger partial charge in [-0.15, -0.1) is 0 Å². The zero-order chi connectivity index (χ0) is 19.3. The van der Waals surface area contributed by atoms with Crippen LogP contribution >= 0.6 is 0 Å². The highest BCUT2D eigenvalue weighted by Gasteiger charge is 2.40. The molecule has 140 valence electrons. The first-order valence-electron chi connectivity index (χ1n) is 9.52. The van der Waals surface area contributed by atoms with Crippen molar-refractivity contribution < 1.29 is 4.79 Å². The summed E-state index contributed by atoms with van der Waals surface area (Å²) in [6.45, 7) is 5.53. The SMILES string of the molecule is Cc1cc(C)nc(N2C=C3C(CNC3C(=O)c3cccc4cccnc34)C2)n1. The summed E-state index contributed by atoms with van der Waals surface area (Å²) in [5.41, 5.74) is 4.43. The van der Waals surface area contributed by atoms with Crippen LogP contribution in [0.15, 0.2) is 54.4 Å². The van der Waals surface area contributed by atoms with Crippen LogP contribution in [0.2, 0.25) is 0 Å². The minimum Gasteiger partial charge on any atom is -0.316 e. The van der Waals surface area contributed by atoms with Gasteiger partial charge in [0.05, 0.1) is 11.6 Å². The van der Waals surface area contributed by atoms with Gasteiger partial charge in [0, 0.05) is 53.7 Å². The van der Waals surface area contributed by atoms with Gasteiger partial charge in [-0.25, -0.2) is 9.97 Å². The minimum absolute atomic E-state index is 0.0706. The molecule has 1 aromatic carbocycles. The molecule has 0 radical (unpaired) electrons. The maximum atomic E-state index is 13.4. The summed E-state index contributed by atoms with van der Waals surface area (Å²) >= 11 is 0. The number of rotatable bonds is 3. The Balaban J connectivity index is 1.49. The number of aromatic nitrogens is 3. The second-order valence-corrected chi connectivity index (χ2v) is 7.52. The lowest BCUT2D eigenvalue weighted by Gasteiger charge is -2.16. The van der Waals surface area contributed by atoms with Crippen molar-refractivity contribution in [1.82, 2.24) is 20.3 Å². The summed E-state index contributed by atoms with van der Waals surface area (Å²) in [7, 11) is 0. The molecule has 1 fully saturated rings. The molecule has 5 rings (SSSR count). The van der Waals surface area contributed by atoms with Crippen LogP contribution in [0, 0.1) is 19.8 Å². The van der Waals surface area contributed by atoms with E-state index in [0.717, 1.165) is 41.0 Å². The van der Waals surface area contributed by atoms with Gasteiger partial charge in [-0.05, 0) is 37.6 Å². The van der Waals surface area contributed by atoms with E-state index in [4.69, 9.17) is 0 Å². The van der Waals surface area contributed by atoms with Crippen molar-refractivity contribution in [2.24, 2.45) is 5.92 Å². The van der Waals surface area contributed by atoms with Crippen molar-refractivity contribution in [3.63, 3.8) is 0 Å². The van der Waals surface area contributed by atoms with Crippen LogP contribution in [-0.4, -0.2) is 39.9 Å². The lowest BCUT2D eigenvalue weighted by Crippen LogP contribution is -2.33. The van der Waals surface area contributed by atoms with Crippen LogP contribution in [0.4, 0.5) is 5.95 Å². The van der Waals surface area contributed by atoms with Gasteiger partial charge < -0.3 is 10.2 Å². The van der Waals surface area contributed by atoms with E-state index >= 15 is 0 Å². The first-order valence-corrected chi connectivity index (χ1v) is 9.52. The molecule has 2 aliphatic heterocycles. The Kier molecular flexibility index (Phi) is 3.94. The first kappa shape index (κ1) is 17.0. The molecule has 2 atom stereocenters. The van der Waals surface area contributed by atoms with E-state index in [9.17, 15) is 4.79 Å². The highest BCUT2D eigenvalue weighted by Crippen LogP contribution is 2.33. The summed E-state index contributed by atoms with van der Waals surface area (Å²) in [6.07, 6.45) is 3.79. The summed E-state index contributed by atoms with van der Waals surface area (Å²) in [6, 6.07) is 11.3. The number of benzene rings is 1. The normalized spacial score (nSPS) is 21.1. The number of hydrogen-bond acceptors (Lipinski definition) is 6. The number of pyridine rings is 1. The second-order valence-electron chi connectivity index (χ2n) is 7.52. The molecular weight excluding hydrogens is 350 g/mol. The summed E-state index contributed by atoms with van der Waals surface area (Å²) in [5, 5.41) is 4.38. The average molecular weight is 371 g/mol. The predicted octanol–water partition coefficient (Wildman–Crippen LogP) is 2.82. The Bertz CT molecular complexity index is 1100. The Morgan fingerprint density at radius 2 is 1.93 bits per heavy atom. The fourth-order valence-electron chi connectivity index (χ4n) is 4.23. The minimum atomic E-state index is -0.325. The summed E-state index contributed by atoms with van der Waals surface area (Å²) in [5.74, 6) is 1.07. The van der Waals surface area contributed by atoms with E-state index in [1.165, 1.54) is 0 Å². The van der Waals surface area contributed by atoms with Crippen molar-refractivity contribution in [2.45, 2.75) is 19.9 Å². The molecule has 1 N–H and O–H groups in total. The number of hydrogen-bond donors (Lipinski definition) is 1. The number of ketones is 1. The number of nitrogens with one attached hydrogen (secondary N) is 1. The van der Waals surface area contributed by atoms with Crippen molar-refractivity contribution in [2.75, 3.05) is 18.0 Å². The number of nitrogens with zero attached hydrogens (tertiary/aromatic N) is 4. The quantitative estimate of drug-likeness (QED) is 0.714. The molecule has 2 aromatic heterocycles. The predicted molar refractivity (Wildman–Crippen MR) is 108 cm³/mol. The van der Waals surface area contributed by atoms with Gasteiger partial charge in [0.1, 0.15) is 0 Å². The van der Waals surface area contributed by atoms with Gasteiger partial charge >= 0.3 is 0 Å². The number of carbonyl (C=O) groups is 1. The highest BCUT2D eigenvalue weighted by molar-refractivity contribution is 6.10. The standard InChI is InChI=1S/C22H21N5O/c1-13-9-14(2)26-22(25-13)27-11-16-10-24-20(18(16)12-27)21(28)17-7-3-5-15-6-4-8-23-19(15)17/h3-9,12,16,20,24H,10-11H2,1-2H3. The first-order chi connectivity index (χ1) is 13.6. The van der Waals surface area contributed by atoms with E-state index in [2.05, 4.69) is 31.4 Å². The molecule has 6 nitrogen and oxygen atoms in total. The molecule has 0 aliphatic carbocycles. The number of Topliss-reactive ketones (excluding diaryl/α,β-unsaturated/α-hetero) is 1. The van der Waals surface area contributed by atoms with Gasteiger partial charge in [-0.2, -0.15) is 0 Å². The molecule has 2 unspecified atom stereocenters. The second kappa shape index (κ2) is 6.49. The number of carbonyl (C=O) groups excluding carboxylic acids is 1. The smallest absolute Gasteiger partial charge is 0.229 e. The molecule has 28 heavy (non-hydrogen) atoms. The van der Waals surface area contributed by atoms with Gasteiger partial charge in [0.2, 0.25) is 5.95 Å². The third-order valence-corrected chi connectivity index (χ3v) is 5.48. The van der Waals surface area contributed by atoms with Crippen LogP contribution in [0.5, 0.6) is 0 Å². The zero-order valence-corrected chi connectivity index (χ0v) is 15.9. The molecule has 0 bridgehead atoms. The third kappa shape index (κ3) is 2.77. The van der Waals surface area contributed by atoms with Crippen LogP contribution in [0.25, 0.3) is 10.9 Å². The monoisotopic (exact) mass is 371 g/mol. The van der Waals surface area contributed by atoms with Crippen molar-refractivity contribution in [3.8, 4) is 0 Å². The zero-order valence-electron chi connectivity index (χ0n) is 15.9. The fraction of sp³-hybridized carbons (Fsp3) is 0.273. The third-order valence-electron chi connectivity index (χ3n) is 5.48. The van der Waals surface area contributed by atoms with E-state index < -0.39 is 0 Å². The largest absolute Gasteiger partial charge is 0.316 e. The van der Waals surface area contributed by atoms with Crippen LogP contribution in [-0.2, 0) is 0 Å². The summed E-state index contributed by atoms with van der Waals surface area (Å²) < 4.78 is 0. The number of anilines is 1. The molecule has 0 spiro atoms. The lowest BCUT2D eigenvalue weighted by atomic mass is 9.94. The van der Waals surface area contributed by atoms with Gasteiger partial charge in [-0.1, -0.05) is 18.2 Å². The van der Waals surface area contributed by atoms with E-state index in [0.29, 0.717) is 17.4 Å². The van der Waals surface area contributed by atoms with Crippen LogP contribution in [0.3, 0.4) is 0 Å². The number of aryl methyl sites for hydroxylation is 2. The van der Waals surface area contributed by atoms with Crippen LogP contribution < -0.4 is 10.2 Å². The molecule has 2 aliphatic rings. The molecule has 3 aromatic rings. The van der Waals surface area contributed by atoms with Crippen molar-refractivity contribution in [1.29, 1.82) is 0 Å². The Morgan fingerprint density at radius 1 is 1.14 bits per heavy atom. The maximum absolute atomic E-state index is 13.4. The fourth-order valence-corrected chi connectivity index (χ4v) is 4.23. The van der Waals surface area contributed by atoms with Crippen molar-refractivity contribution >= 4 is 22.6 Å². The number of para-hydroxylation sites is 1. The Morgan fingerprint density at radius 3 is 2.75 bits per heavy atom. The van der Waals surface area contributed by atoms with Gasteiger partial charge in [0.25, 0.3) is 0 Å². The number of fused-ring (bicyclic) bond motifs is 2. The topological polar surface area (TPSA) is 71.0 Å². The van der Waals surface area contributed by atoms with Gasteiger partial charge in [-0.3, -0.25) is 9.78 Å². The van der Waals surface area contributed by atoms with Crippen molar-refractivity contribution in [3.05, 3.63) is 71.3 Å². The average Bonchev–Trinajstić information content (AvgIpc) is 3.27. The maximum Gasteiger partial charge on any atom is 0.229 e. The molecule has 0 saturated carbocycles. The van der Waals surface area contributed by atoms with E-state index in [1.54, 1.807) is 6.20 Å². The molecular formula is C22H21N5O. The van der Waals surface area contributed by atoms with Gasteiger partial charge in [0.15, 0.2) is 5.78 Å². The van der Waals surface area contributed by atoms with E-state index in [1.807, 2.05) is 50.2 Å². The Hall–Kier alpha value is -3.12. The molecule has 6 heteroatoms. The Labute approximate surface area is 163 Å². The molecule has 4 heterocycles. The molecule has 0 amide bonds. The van der Waals surface area contributed by atoms with Crippen LogP contribution in [0.1, 0.15) is 21.7 Å². The molecule has 1 saturated heterocycles. The lowest BCUT2D eigenvalue weighted by molar-refractivity contribution is 0.0967.